The Labute approximate surface area is 102 Å². The van der Waals surface area contributed by atoms with Gasteiger partial charge >= 0.3 is 12.1 Å². The van der Waals surface area contributed by atoms with Gasteiger partial charge in [-0.1, -0.05) is 12.1 Å². The Bertz CT molecular complexity index is 398. The largest absolute Gasteiger partial charge is 0.497 e. The number of carboxylic acids is 1. The highest BCUT2D eigenvalue weighted by Gasteiger charge is 2.35. The maximum absolute atomic E-state index is 12.2. The summed E-state index contributed by atoms with van der Waals surface area (Å²) in [6.07, 6.45) is -5.96. The summed E-state index contributed by atoms with van der Waals surface area (Å²) in [7, 11) is 1.47. The third-order valence-corrected chi connectivity index (χ3v) is 2.47. The third-order valence-electron chi connectivity index (χ3n) is 2.47. The molecule has 6 heteroatoms. The monoisotopic (exact) mass is 262 g/mol. The van der Waals surface area contributed by atoms with Crippen LogP contribution in [-0.2, 0) is 11.2 Å². The van der Waals surface area contributed by atoms with Crippen LogP contribution in [0.2, 0.25) is 0 Å². The van der Waals surface area contributed by atoms with E-state index in [-0.39, 0.29) is 6.42 Å². The van der Waals surface area contributed by atoms with Crippen molar-refractivity contribution in [2.45, 2.75) is 19.0 Å². The average molecular weight is 262 g/mol. The second-order valence-electron chi connectivity index (χ2n) is 3.91. The van der Waals surface area contributed by atoms with Gasteiger partial charge in [-0.2, -0.15) is 13.2 Å². The molecule has 1 aromatic rings. The van der Waals surface area contributed by atoms with E-state index in [0.717, 1.165) is 0 Å². The van der Waals surface area contributed by atoms with Crippen molar-refractivity contribution >= 4 is 5.97 Å². The molecule has 1 unspecified atom stereocenters. The quantitative estimate of drug-likeness (QED) is 0.887. The van der Waals surface area contributed by atoms with Gasteiger partial charge in [0.05, 0.1) is 19.4 Å². The van der Waals surface area contributed by atoms with Gasteiger partial charge in [-0.3, -0.25) is 4.79 Å². The topological polar surface area (TPSA) is 46.5 Å². The van der Waals surface area contributed by atoms with E-state index in [1.165, 1.54) is 7.11 Å². The fourth-order valence-corrected chi connectivity index (χ4v) is 1.57. The van der Waals surface area contributed by atoms with Crippen molar-refractivity contribution in [3.8, 4) is 5.75 Å². The van der Waals surface area contributed by atoms with Crippen molar-refractivity contribution in [2.24, 2.45) is 5.92 Å². The van der Waals surface area contributed by atoms with Gasteiger partial charge in [0, 0.05) is 0 Å². The number of hydrogen-bond acceptors (Lipinski definition) is 2. The Morgan fingerprint density at radius 1 is 1.33 bits per heavy atom. The number of alkyl halides is 3. The Balaban J connectivity index is 2.74. The molecule has 0 aromatic heterocycles. The summed E-state index contributed by atoms with van der Waals surface area (Å²) in [6, 6.07) is 6.29. The molecule has 3 nitrogen and oxygen atoms in total. The minimum Gasteiger partial charge on any atom is -0.497 e. The molecule has 0 radical (unpaired) electrons. The van der Waals surface area contributed by atoms with Crippen molar-refractivity contribution in [3.05, 3.63) is 29.8 Å². The maximum Gasteiger partial charge on any atom is 0.389 e. The Kier molecular flexibility index (Phi) is 4.58. The van der Waals surface area contributed by atoms with Gasteiger partial charge in [0.1, 0.15) is 5.75 Å². The molecule has 0 bridgehead atoms. The number of carbonyl (C=O) groups is 1. The van der Waals surface area contributed by atoms with Crippen molar-refractivity contribution in [1.82, 2.24) is 0 Å². The van der Waals surface area contributed by atoms with Crippen molar-refractivity contribution in [2.75, 3.05) is 7.11 Å². The SMILES string of the molecule is COc1ccc(CC(CC(F)(F)F)C(=O)O)cc1. The van der Waals surface area contributed by atoms with Gasteiger partial charge in [0.25, 0.3) is 0 Å². The average Bonchev–Trinajstić information content (AvgIpc) is 2.27. The highest BCUT2D eigenvalue weighted by molar-refractivity contribution is 5.70. The van der Waals surface area contributed by atoms with E-state index >= 15 is 0 Å². The zero-order chi connectivity index (χ0) is 13.8. The van der Waals surface area contributed by atoms with E-state index in [1.54, 1.807) is 24.3 Å². The Morgan fingerprint density at radius 3 is 2.28 bits per heavy atom. The molecule has 0 aliphatic heterocycles. The van der Waals surface area contributed by atoms with Crippen LogP contribution in [0.3, 0.4) is 0 Å². The highest BCUT2D eigenvalue weighted by atomic mass is 19.4. The molecule has 1 atom stereocenters. The van der Waals surface area contributed by atoms with Crippen molar-refractivity contribution in [1.29, 1.82) is 0 Å². The van der Waals surface area contributed by atoms with Crippen molar-refractivity contribution < 1.29 is 27.8 Å². The summed E-state index contributed by atoms with van der Waals surface area (Å²) in [5, 5.41) is 8.77. The number of carboxylic acid groups (broad SMARTS) is 1. The molecular formula is C12H13F3O3. The lowest BCUT2D eigenvalue weighted by Crippen LogP contribution is -2.24. The molecule has 0 spiro atoms. The summed E-state index contributed by atoms with van der Waals surface area (Å²) >= 11 is 0. The zero-order valence-electron chi connectivity index (χ0n) is 9.70. The molecule has 100 valence electrons. The van der Waals surface area contributed by atoms with Crippen LogP contribution in [0.25, 0.3) is 0 Å². The van der Waals surface area contributed by atoms with E-state index in [2.05, 4.69) is 0 Å². The predicted molar refractivity (Wildman–Crippen MR) is 58.5 cm³/mol. The maximum atomic E-state index is 12.2. The lowest BCUT2D eigenvalue weighted by molar-refractivity contribution is -0.163. The van der Waals surface area contributed by atoms with E-state index < -0.39 is 24.5 Å². The minimum absolute atomic E-state index is 0.154. The van der Waals surface area contributed by atoms with Crippen LogP contribution in [0.15, 0.2) is 24.3 Å². The summed E-state index contributed by atoms with van der Waals surface area (Å²) in [4.78, 5) is 10.8. The minimum atomic E-state index is -4.48. The van der Waals surface area contributed by atoms with E-state index in [1.807, 2.05) is 0 Å². The Hall–Kier alpha value is -1.72. The lowest BCUT2D eigenvalue weighted by Gasteiger charge is -2.14. The van der Waals surface area contributed by atoms with Gasteiger partial charge in [-0.15, -0.1) is 0 Å². The standard InChI is InChI=1S/C12H13F3O3/c1-18-10-4-2-8(3-5-10)6-9(11(16)17)7-12(13,14)15/h2-5,9H,6-7H2,1H3,(H,16,17). The molecule has 0 heterocycles. The first kappa shape index (κ1) is 14.3. The van der Waals surface area contributed by atoms with Gasteiger partial charge in [-0.25, -0.2) is 0 Å². The van der Waals surface area contributed by atoms with Crippen LogP contribution >= 0.6 is 0 Å². The fourth-order valence-electron chi connectivity index (χ4n) is 1.57. The predicted octanol–water partition coefficient (Wildman–Crippen LogP) is 2.89. The number of hydrogen-bond donors (Lipinski definition) is 1. The molecule has 0 fully saturated rings. The van der Waals surface area contributed by atoms with Gasteiger partial charge in [0.15, 0.2) is 0 Å². The van der Waals surface area contributed by atoms with Gasteiger partial charge < -0.3 is 9.84 Å². The van der Waals surface area contributed by atoms with Crippen molar-refractivity contribution in [3.63, 3.8) is 0 Å². The molecule has 0 aliphatic carbocycles. The number of halogens is 3. The number of rotatable bonds is 5. The zero-order valence-corrected chi connectivity index (χ0v) is 9.70. The molecule has 1 rings (SSSR count). The number of ether oxygens (including phenoxy) is 1. The molecular weight excluding hydrogens is 249 g/mol. The molecule has 0 aliphatic rings. The lowest BCUT2D eigenvalue weighted by atomic mass is 9.96. The summed E-state index contributed by atoms with van der Waals surface area (Å²) < 4.78 is 41.5. The highest BCUT2D eigenvalue weighted by Crippen LogP contribution is 2.27. The Morgan fingerprint density at radius 2 is 1.89 bits per heavy atom. The second kappa shape index (κ2) is 5.75. The summed E-state index contributed by atoms with van der Waals surface area (Å²) in [5.74, 6) is -2.33. The van der Waals surface area contributed by atoms with E-state index in [9.17, 15) is 18.0 Å². The molecule has 1 aromatic carbocycles. The third kappa shape index (κ3) is 4.65. The number of methoxy groups -OCH3 is 1. The molecule has 0 saturated heterocycles. The normalized spacial score (nSPS) is 13.1. The fraction of sp³-hybridized carbons (Fsp3) is 0.417. The van der Waals surface area contributed by atoms with Crippen LogP contribution in [-0.4, -0.2) is 24.4 Å². The molecule has 0 amide bonds. The first-order valence-electron chi connectivity index (χ1n) is 5.24. The van der Waals surface area contributed by atoms with E-state index in [0.29, 0.717) is 11.3 Å². The van der Waals surface area contributed by atoms with Crippen LogP contribution in [0, 0.1) is 5.92 Å². The number of aliphatic carboxylic acids is 1. The first-order chi connectivity index (χ1) is 8.31. The number of benzene rings is 1. The van der Waals surface area contributed by atoms with Crippen LogP contribution in [0.1, 0.15) is 12.0 Å². The van der Waals surface area contributed by atoms with Crippen LogP contribution in [0.4, 0.5) is 13.2 Å². The molecule has 18 heavy (non-hydrogen) atoms. The second-order valence-corrected chi connectivity index (χ2v) is 3.91. The molecule has 0 saturated carbocycles. The van der Waals surface area contributed by atoms with Gasteiger partial charge in [0.2, 0.25) is 0 Å². The van der Waals surface area contributed by atoms with Crippen LogP contribution < -0.4 is 4.74 Å². The summed E-state index contributed by atoms with van der Waals surface area (Å²) in [6.45, 7) is 0. The smallest absolute Gasteiger partial charge is 0.389 e. The molecule has 1 N–H and O–H groups in total. The first-order valence-corrected chi connectivity index (χ1v) is 5.24. The van der Waals surface area contributed by atoms with Gasteiger partial charge in [-0.05, 0) is 24.1 Å². The summed E-state index contributed by atoms with van der Waals surface area (Å²) in [5.41, 5.74) is 0.535. The van der Waals surface area contributed by atoms with E-state index in [4.69, 9.17) is 9.84 Å². The van der Waals surface area contributed by atoms with Crippen LogP contribution in [0.5, 0.6) is 5.75 Å².